The van der Waals surface area contributed by atoms with Gasteiger partial charge in [-0.05, 0) is 42.5 Å². The van der Waals surface area contributed by atoms with E-state index in [-0.39, 0.29) is 24.4 Å². The molecule has 1 aliphatic heterocycles. The fourth-order valence-electron chi connectivity index (χ4n) is 2.98. The van der Waals surface area contributed by atoms with E-state index in [9.17, 15) is 9.59 Å². The molecule has 1 aromatic carbocycles. The lowest BCUT2D eigenvalue weighted by Gasteiger charge is -2.31. The van der Waals surface area contributed by atoms with Gasteiger partial charge in [0.05, 0.1) is 17.1 Å². The van der Waals surface area contributed by atoms with Crippen LogP contribution in [0.2, 0.25) is 5.02 Å². The predicted octanol–water partition coefficient (Wildman–Crippen LogP) is 3.11. The van der Waals surface area contributed by atoms with E-state index in [4.69, 9.17) is 16.9 Å². The van der Waals surface area contributed by atoms with Crippen LogP contribution in [0.1, 0.15) is 28.8 Å². The van der Waals surface area contributed by atoms with Crippen molar-refractivity contribution in [2.45, 2.75) is 18.9 Å². The number of likely N-dealkylation sites (tertiary alicyclic amines) is 1. The molecule has 2 aromatic rings. The molecule has 27 heavy (non-hydrogen) atoms. The first-order chi connectivity index (χ1) is 13.0. The Morgan fingerprint density at radius 3 is 2.70 bits per heavy atom. The molecule has 140 valence electrons. The number of nitrogens with zero attached hydrogens (tertiary/aromatic N) is 2. The third kappa shape index (κ3) is 5.30. The highest BCUT2D eigenvalue weighted by Gasteiger charge is 2.22. The molecule has 8 heteroatoms. The van der Waals surface area contributed by atoms with Crippen molar-refractivity contribution in [3.05, 3.63) is 51.2 Å². The molecule has 1 saturated heterocycles. The van der Waals surface area contributed by atoms with Crippen molar-refractivity contribution >= 4 is 40.4 Å². The van der Waals surface area contributed by atoms with E-state index in [2.05, 4.69) is 15.5 Å². The minimum Gasteiger partial charge on any atom is -0.349 e. The summed E-state index contributed by atoms with van der Waals surface area (Å²) >= 11 is 7.48. The van der Waals surface area contributed by atoms with E-state index in [1.807, 2.05) is 22.9 Å². The van der Waals surface area contributed by atoms with Gasteiger partial charge in [0.25, 0.3) is 5.91 Å². The Kier molecular flexibility index (Phi) is 6.45. The lowest BCUT2D eigenvalue weighted by Crippen LogP contribution is -2.46. The molecule has 0 aliphatic carbocycles. The van der Waals surface area contributed by atoms with Crippen LogP contribution < -0.4 is 10.6 Å². The Bertz CT molecular complexity index is 855. The Morgan fingerprint density at radius 1 is 1.30 bits per heavy atom. The first kappa shape index (κ1) is 19.4. The lowest BCUT2D eigenvalue weighted by molar-refractivity contribution is -0.117. The Hall–Kier alpha value is -2.40. The summed E-state index contributed by atoms with van der Waals surface area (Å²) in [4.78, 5) is 26.4. The number of hydrogen-bond acceptors (Lipinski definition) is 5. The first-order valence-electron chi connectivity index (χ1n) is 8.60. The molecule has 1 fully saturated rings. The summed E-state index contributed by atoms with van der Waals surface area (Å²) in [6.45, 7) is 1.77. The minimum atomic E-state index is -0.128. The quantitative estimate of drug-likeness (QED) is 0.804. The molecule has 1 aliphatic rings. The fraction of sp³-hybridized carbons (Fsp3) is 0.316. The number of nitriles is 1. The third-order valence-corrected chi connectivity index (χ3v) is 5.44. The van der Waals surface area contributed by atoms with Crippen LogP contribution in [0.5, 0.6) is 0 Å². The molecule has 2 amide bonds. The summed E-state index contributed by atoms with van der Waals surface area (Å²) in [7, 11) is 0. The van der Waals surface area contributed by atoms with Gasteiger partial charge in [-0.1, -0.05) is 11.6 Å². The van der Waals surface area contributed by atoms with Gasteiger partial charge in [-0.25, -0.2) is 0 Å². The van der Waals surface area contributed by atoms with Gasteiger partial charge in [-0.15, -0.1) is 0 Å². The van der Waals surface area contributed by atoms with Crippen LogP contribution in [0.15, 0.2) is 35.0 Å². The summed E-state index contributed by atoms with van der Waals surface area (Å²) in [5.74, 6) is -0.165. The highest BCUT2D eigenvalue weighted by Crippen LogP contribution is 2.20. The molecule has 0 unspecified atom stereocenters. The van der Waals surface area contributed by atoms with Crippen LogP contribution in [0, 0.1) is 11.3 Å². The van der Waals surface area contributed by atoms with Gasteiger partial charge in [-0.2, -0.15) is 16.6 Å². The van der Waals surface area contributed by atoms with Crippen molar-refractivity contribution in [3.8, 4) is 6.07 Å². The maximum absolute atomic E-state index is 12.2. The van der Waals surface area contributed by atoms with Crippen LogP contribution in [0.4, 0.5) is 5.69 Å². The van der Waals surface area contributed by atoms with Gasteiger partial charge >= 0.3 is 0 Å². The van der Waals surface area contributed by atoms with Crippen molar-refractivity contribution in [1.82, 2.24) is 10.2 Å². The van der Waals surface area contributed by atoms with Gasteiger partial charge in [0.1, 0.15) is 6.07 Å². The number of thiophene rings is 1. The number of anilines is 1. The number of hydrogen-bond donors (Lipinski definition) is 2. The predicted molar refractivity (Wildman–Crippen MR) is 106 cm³/mol. The number of piperidine rings is 1. The maximum Gasteiger partial charge on any atom is 0.252 e. The second-order valence-corrected chi connectivity index (χ2v) is 7.58. The van der Waals surface area contributed by atoms with Gasteiger partial charge in [0.15, 0.2) is 0 Å². The number of benzene rings is 1. The van der Waals surface area contributed by atoms with Crippen molar-refractivity contribution < 1.29 is 9.59 Å². The smallest absolute Gasteiger partial charge is 0.252 e. The zero-order valence-corrected chi connectivity index (χ0v) is 16.1. The van der Waals surface area contributed by atoms with Crippen LogP contribution in [0.3, 0.4) is 0 Å². The largest absolute Gasteiger partial charge is 0.349 e. The SMILES string of the molecule is N#Cc1ccc(NC(=O)CN2CCC(NC(=O)c3ccsc3)CC2)cc1Cl. The van der Waals surface area contributed by atoms with E-state index >= 15 is 0 Å². The molecule has 2 N–H and O–H groups in total. The average molecular weight is 403 g/mol. The van der Waals surface area contributed by atoms with Gasteiger partial charge in [-0.3, -0.25) is 14.5 Å². The summed E-state index contributed by atoms with van der Waals surface area (Å²) < 4.78 is 0. The van der Waals surface area contributed by atoms with E-state index in [1.165, 1.54) is 11.3 Å². The molecule has 0 spiro atoms. The number of amides is 2. The number of rotatable bonds is 5. The van der Waals surface area contributed by atoms with Crippen molar-refractivity contribution in [3.63, 3.8) is 0 Å². The molecule has 0 radical (unpaired) electrons. The van der Waals surface area contributed by atoms with Crippen molar-refractivity contribution in [2.24, 2.45) is 0 Å². The van der Waals surface area contributed by atoms with E-state index < -0.39 is 0 Å². The van der Waals surface area contributed by atoms with E-state index in [1.54, 1.807) is 18.2 Å². The number of nitrogens with one attached hydrogen (secondary N) is 2. The molecule has 3 rings (SSSR count). The molecule has 0 atom stereocenters. The van der Waals surface area contributed by atoms with Crippen LogP contribution >= 0.6 is 22.9 Å². The minimum absolute atomic E-state index is 0.0369. The molecular weight excluding hydrogens is 384 g/mol. The molecule has 1 aromatic heterocycles. The molecule has 2 heterocycles. The normalized spacial score (nSPS) is 15.1. The summed E-state index contributed by atoms with van der Waals surface area (Å²) in [5, 5.41) is 18.8. The second kappa shape index (κ2) is 9.00. The van der Waals surface area contributed by atoms with Crippen LogP contribution in [-0.4, -0.2) is 42.4 Å². The van der Waals surface area contributed by atoms with Gasteiger partial charge < -0.3 is 10.6 Å². The van der Waals surface area contributed by atoms with Crippen LogP contribution in [0.25, 0.3) is 0 Å². The average Bonchev–Trinajstić information content (AvgIpc) is 3.18. The molecular formula is C19H19ClN4O2S. The summed E-state index contributed by atoms with van der Waals surface area (Å²) in [5.41, 5.74) is 1.64. The third-order valence-electron chi connectivity index (χ3n) is 4.45. The van der Waals surface area contributed by atoms with Crippen molar-refractivity contribution in [1.29, 1.82) is 5.26 Å². The maximum atomic E-state index is 12.2. The number of carbonyl (C=O) groups excluding carboxylic acids is 2. The Labute approximate surface area is 166 Å². The molecule has 0 bridgehead atoms. The first-order valence-corrected chi connectivity index (χ1v) is 9.92. The Morgan fingerprint density at radius 2 is 2.07 bits per heavy atom. The molecule has 0 saturated carbocycles. The Balaban J connectivity index is 1.43. The van der Waals surface area contributed by atoms with Crippen molar-refractivity contribution in [2.75, 3.05) is 25.0 Å². The highest BCUT2D eigenvalue weighted by atomic mass is 35.5. The summed E-state index contributed by atoms with van der Waals surface area (Å²) in [6.07, 6.45) is 1.62. The molecule has 6 nitrogen and oxygen atoms in total. The summed E-state index contributed by atoms with van der Waals surface area (Å²) in [6, 6.07) is 8.75. The zero-order valence-electron chi connectivity index (χ0n) is 14.6. The van der Waals surface area contributed by atoms with E-state index in [0.717, 1.165) is 25.9 Å². The monoisotopic (exact) mass is 402 g/mol. The fourth-order valence-corrected chi connectivity index (χ4v) is 3.84. The van der Waals surface area contributed by atoms with Gasteiger partial charge in [0.2, 0.25) is 5.91 Å². The highest BCUT2D eigenvalue weighted by molar-refractivity contribution is 7.08. The van der Waals surface area contributed by atoms with E-state index in [0.29, 0.717) is 21.8 Å². The number of halogens is 1. The zero-order chi connectivity index (χ0) is 19.2. The van der Waals surface area contributed by atoms with Gasteiger partial charge in [0, 0.05) is 35.8 Å². The number of carbonyl (C=O) groups is 2. The van der Waals surface area contributed by atoms with Crippen LogP contribution in [-0.2, 0) is 4.79 Å². The standard InChI is InChI=1S/C19H19ClN4O2S/c20-17-9-16(2-1-13(17)10-21)22-18(25)11-24-6-3-15(4-7-24)23-19(26)14-5-8-27-12-14/h1-2,5,8-9,12,15H,3-4,6-7,11H2,(H,22,25)(H,23,26). The second-order valence-electron chi connectivity index (χ2n) is 6.39. The topological polar surface area (TPSA) is 85.2 Å². The lowest BCUT2D eigenvalue weighted by atomic mass is 10.0.